The van der Waals surface area contributed by atoms with Crippen LogP contribution in [0.5, 0.6) is 11.5 Å². The summed E-state index contributed by atoms with van der Waals surface area (Å²) in [4.78, 5) is 17.1. The summed E-state index contributed by atoms with van der Waals surface area (Å²) in [6, 6.07) is 19.0. The number of pyridine rings is 1. The fourth-order valence-electron chi connectivity index (χ4n) is 3.07. The van der Waals surface area contributed by atoms with Crippen LogP contribution in [0.4, 0.5) is 5.69 Å². The Morgan fingerprint density at radius 1 is 1.03 bits per heavy atom. The van der Waals surface area contributed by atoms with Gasteiger partial charge in [0.05, 0.1) is 23.6 Å². The van der Waals surface area contributed by atoms with Crippen LogP contribution in [0, 0.1) is 6.92 Å². The number of carbonyl (C=O) groups is 1. The molecule has 1 N–H and O–H groups in total. The van der Waals surface area contributed by atoms with E-state index in [1.165, 1.54) is 5.56 Å². The topological polar surface area (TPSA) is 60.5 Å². The first-order chi connectivity index (χ1) is 14.1. The van der Waals surface area contributed by atoms with Gasteiger partial charge in [-0.25, -0.2) is 0 Å². The average Bonchev–Trinajstić information content (AvgIpc) is 2.70. The van der Waals surface area contributed by atoms with Gasteiger partial charge in [-0.15, -0.1) is 0 Å². The van der Waals surface area contributed by atoms with E-state index in [1.54, 1.807) is 25.3 Å². The average molecular weight is 390 g/mol. The zero-order chi connectivity index (χ0) is 20.6. The van der Waals surface area contributed by atoms with E-state index >= 15 is 0 Å². The standard InChI is InChI=1S/C24H26N2O3/c1-4-6-18-9-12-21(13-10-18)29-22-8-5-7-19(15-22)26-24(27)23-14-11-20(16-28-3)25-17(23)2/h5,7-15H,4,6,16H2,1-3H3,(H,26,27). The number of methoxy groups -OCH3 is 1. The molecule has 0 aliphatic carbocycles. The van der Waals surface area contributed by atoms with Crippen molar-refractivity contribution in [1.29, 1.82) is 0 Å². The number of ether oxygens (including phenoxy) is 2. The summed E-state index contributed by atoms with van der Waals surface area (Å²) in [5.41, 5.74) is 3.94. The molecule has 0 fully saturated rings. The van der Waals surface area contributed by atoms with E-state index in [4.69, 9.17) is 9.47 Å². The predicted octanol–water partition coefficient (Wildman–Crippen LogP) is 5.53. The summed E-state index contributed by atoms with van der Waals surface area (Å²) < 4.78 is 11.0. The number of benzene rings is 2. The van der Waals surface area contributed by atoms with Crippen molar-refractivity contribution in [3.63, 3.8) is 0 Å². The molecular weight excluding hydrogens is 364 g/mol. The van der Waals surface area contributed by atoms with E-state index in [0.29, 0.717) is 29.3 Å². The molecular formula is C24H26N2O3. The Hall–Kier alpha value is -3.18. The van der Waals surface area contributed by atoms with Crippen LogP contribution in [-0.4, -0.2) is 18.0 Å². The van der Waals surface area contributed by atoms with Crippen molar-refractivity contribution in [2.45, 2.75) is 33.3 Å². The largest absolute Gasteiger partial charge is 0.457 e. The number of nitrogens with one attached hydrogen (secondary N) is 1. The summed E-state index contributed by atoms with van der Waals surface area (Å²) >= 11 is 0. The van der Waals surface area contributed by atoms with Crippen LogP contribution < -0.4 is 10.1 Å². The number of anilines is 1. The first-order valence-corrected chi connectivity index (χ1v) is 9.72. The zero-order valence-corrected chi connectivity index (χ0v) is 17.1. The van der Waals surface area contributed by atoms with Gasteiger partial charge in [0.1, 0.15) is 11.5 Å². The molecule has 0 bridgehead atoms. The molecule has 0 aliphatic heterocycles. The number of hydrogen-bond donors (Lipinski definition) is 1. The molecule has 0 saturated carbocycles. The van der Waals surface area contributed by atoms with Crippen LogP contribution >= 0.6 is 0 Å². The number of nitrogens with zero attached hydrogens (tertiary/aromatic N) is 1. The predicted molar refractivity (Wildman–Crippen MR) is 115 cm³/mol. The van der Waals surface area contributed by atoms with Gasteiger partial charge >= 0.3 is 0 Å². The van der Waals surface area contributed by atoms with Gasteiger partial charge in [-0.3, -0.25) is 9.78 Å². The van der Waals surface area contributed by atoms with Crippen molar-refractivity contribution in [3.05, 3.63) is 83.2 Å². The Kier molecular flexibility index (Phi) is 6.98. The van der Waals surface area contributed by atoms with Gasteiger partial charge in [0.25, 0.3) is 5.91 Å². The van der Waals surface area contributed by atoms with E-state index in [0.717, 1.165) is 24.3 Å². The highest BCUT2D eigenvalue weighted by molar-refractivity contribution is 6.05. The van der Waals surface area contributed by atoms with Gasteiger partial charge in [-0.05, 0) is 55.3 Å². The summed E-state index contributed by atoms with van der Waals surface area (Å²) in [6.45, 7) is 4.40. The molecule has 0 spiro atoms. The number of rotatable bonds is 8. The second-order valence-electron chi connectivity index (χ2n) is 6.85. The van der Waals surface area contributed by atoms with Crippen molar-refractivity contribution in [3.8, 4) is 11.5 Å². The van der Waals surface area contributed by atoms with Crippen LogP contribution in [0.15, 0.2) is 60.7 Å². The third-order valence-corrected chi connectivity index (χ3v) is 4.47. The quantitative estimate of drug-likeness (QED) is 0.549. The Morgan fingerprint density at radius 3 is 2.52 bits per heavy atom. The smallest absolute Gasteiger partial charge is 0.257 e. The molecule has 0 aliphatic rings. The third-order valence-electron chi connectivity index (χ3n) is 4.47. The molecule has 1 aromatic heterocycles. The number of amides is 1. The lowest BCUT2D eigenvalue weighted by molar-refractivity contribution is 0.102. The lowest BCUT2D eigenvalue weighted by Crippen LogP contribution is -2.14. The maximum Gasteiger partial charge on any atom is 0.257 e. The maximum atomic E-state index is 12.6. The number of aromatic nitrogens is 1. The van der Waals surface area contributed by atoms with Crippen molar-refractivity contribution >= 4 is 11.6 Å². The van der Waals surface area contributed by atoms with Crippen LogP contribution in [0.2, 0.25) is 0 Å². The van der Waals surface area contributed by atoms with Crippen molar-refractivity contribution in [1.82, 2.24) is 4.98 Å². The van der Waals surface area contributed by atoms with Gasteiger partial charge in [-0.2, -0.15) is 0 Å². The van der Waals surface area contributed by atoms with E-state index < -0.39 is 0 Å². The molecule has 1 amide bonds. The van der Waals surface area contributed by atoms with E-state index in [9.17, 15) is 4.79 Å². The van der Waals surface area contributed by atoms with E-state index in [2.05, 4.69) is 29.4 Å². The lowest BCUT2D eigenvalue weighted by Gasteiger charge is -2.11. The fourth-order valence-corrected chi connectivity index (χ4v) is 3.07. The molecule has 150 valence electrons. The minimum absolute atomic E-state index is 0.208. The first-order valence-electron chi connectivity index (χ1n) is 9.72. The van der Waals surface area contributed by atoms with Crippen LogP contribution in [0.3, 0.4) is 0 Å². The summed E-state index contributed by atoms with van der Waals surface area (Å²) in [6.07, 6.45) is 2.18. The molecule has 0 saturated heterocycles. The Morgan fingerprint density at radius 2 is 1.83 bits per heavy atom. The van der Waals surface area contributed by atoms with Gasteiger partial charge in [-0.1, -0.05) is 31.5 Å². The molecule has 3 aromatic rings. The number of aryl methyl sites for hydroxylation is 2. The Balaban J connectivity index is 1.68. The molecule has 5 nitrogen and oxygen atoms in total. The van der Waals surface area contributed by atoms with E-state index in [-0.39, 0.29) is 5.91 Å². The van der Waals surface area contributed by atoms with Gasteiger partial charge in [0, 0.05) is 18.9 Å². The van der Waals surface area contributed by atoms with Gasteiger partial charge in [0.15, 0.2) is 0 Å². The summed E-state index contributed by atoms with van der Waals surface area (Å²) in [5, 5.41) is 2.91. The minimum Gasteiger partial charge on any atom is -0.457 e. The van der Waals surface area contributed by atoms with Crippen molar-refractivity contribution < 1.29 is 14.3 Å². The Bertz CT molecular complexity index is 968. The second kappa shape index (κ2) is 9.85. The van der Waals surface area contributed by atoms with Crippen LogP contribution in [0.1, 0.15) is 40.7 Å². The highest BCUT2D eigenvalue weighted by Gasteiger charge is 2.12. The third kappa shape index (κ3) is 5.65. The molecule has 0 unspecified atom stereocenters. The summed E-state index contributed by atoms with van der Waals surface area (Å²) in [7, 11) is 1.62. The highest BCUT2D eigenvalue weighted by Crippen LogP contribution is 2.25. The Labute approximate surface area is 171 Å². The zero-order valence-electron chi connectivity index (χ0n) is 17.1. The molecule has 1 heterocycles. The first kappa shape index (κ1) is 20.6. The van der Waals surface area contributed by atoms with Crippen LogP contribution in [-0.2, 0) is 17.8 Å². The van der Waals surface area contributed by atoms with E-state index in [1.807, 2.05) is 37.3 Å². The molecule has 0 radical (unpaired) electrons. The number of hydrogen-bond acceptors (Lipinski definition) is 4. The highest BCUT2D eigenvalue weighted by atomic mass is 16.5. The molecule has 29 heavy (non-hydrogen) atoms. The monoisotopic (exact) mass is 390 g/mol. The lowest BCUT2D eigenvalue weighted by atomic mass is 10.1. The van der Waals surface area contributed by atoms with Crippen LogP contribution in [0.25, 0.3) is 0 Å². The maximum absolute atomic E-state index is 12.6. The normalized spacial score (nSPS) is 10.6. The van der Waals surface area contributed by atoms with Gasteiger partial charge in [0.2, 0.25) is 0 Å². The molecule has 3 rings (SSSR count). The van der Waals surface area contributed by atoms with Crippen molar-refractivity contribution in [2.75, 3.05) is 12.4 Å². The summed E-state index contributed by atoms with van der Waals surface area (Å²) in [5.74, 6) is 1.22. The molecule has 2 aromatic carbocycles. The van der Waals surface area contributed by atoms with Crippen molar-refractivity contribution in [2.24, 2.45) is 0 Å². The second-order valence-corrected chi connectivity index (χ2v) is 6.85. The number of carbonyl (C=O) groups excluding carboxylic acids is 1. The SMILES string of the molecule is CCCc1ccc(Oc2cccc(NC(=O)c3ccc(COC)nc3C)c2)cc1. The minimum atomic E-state index is -0.208. The fraction of sp³-hybridized carbons (Fsp3) is 0.250. The van der Waals surface area contributed by atoms with Gasteiger partial charge < -0.3 is 14.8 Å². The molecule has 0 atom stereocenters. The molecule has 5 heteroatoms.